The van der Waals surface area contributed by atoms with E-state index in [1.54, 1.807) is 0 Å². The summed E-state index contributed by atoms with van der Waals surface area (Å²) in [6.07, 6.45) is 3.94. The van der Waals surface area contributed by atoms with Crippen LogP contribution in [-0.4, -0.2) is 40.9 Å². The van der Waals surface area contributed by atoms with E-state index in [0.717, 1.165) is 42.6 Å². The lowest BCUT2D eigenvalue weighted by Gasteiger charge is -2.28. The second kappa shape index (κ2) is 6.73. The molecule has 4 nitrogen and oxygen atoms in total. The van der Waals surface area contributed by atoms with Crippen LogP contribution in [0.5, 0.6) is 0 Å². The fraction of sp³-hybridized carbons (Fsp3) is 0.786. The molecule has 2 heterocycles. The number of nitrogens with zero attached hydrogens (tertiary/aromatic N) is 3. The average molecular weight is 285 g/mol. The first kappa shape index (κ1) is 14.8. The Morgan fingerprint density at radius 1 is 1.47 bits per heavy atom. The zero-order chi connectivity index (χ0) is 13.8. The first-order chi connectivity index (χ1) is 9.11. The number of hydrogen-bond donors (Lipinski definition) is 1. The predicted octanol–water partition coefficient (Wildman–Crippen LogP) is 2.44. The predicted molar refractivity (Wildman–Crippen MR) is 79.6 cm³/mol. The third-order valence-electron chi connectivity index (χ3n) is 3.82. The van der Waals surface area contributed by atoms with Crippen LogP contribution in [0.1, 0.15) is 37.6 Å². The molecule has 0 bridgehead atoms. The van der Waals surface area contributed by atoms with Crippen LogP contribution in [0.2, 0.25) is 5.02 Å². The van der Waals surface area contributed by atoms with Crippen LogP contribution in [-0.2, 0) is 13.1 Å². The van der Waals surface area contributed by atoms with Gasteiger partial charge in [-0.1, -0.05) is 18.0 Å². The molecule has 1 fully saturated rings. The summed E-state index contributed by atoms with van der Waals surface area (Å²) in [5.74, 6) is 0. The molecule has 1 aliphatic rings. The molecular weight excluding hydrogens is 260 g/mol. The summed E-state index contributed by atoms with van der Waals surface area (Å²) in [4.78, 5) is 2.34. The van der Waals surface area contributed by atoms with Gasteiger partial charge in [-0.2, -0.15) is 5.10 Å². The number of hydrogen-bond acceptors (Lipinski definition) is 3. The number of halogens is 1. The van der Waals surface area contributed by atoms with Gasteiger partial charge in [-0.15, -0.1) is 0 Å². The van der Waals surface area contributed by atoms with Crippen molar-refractivity contribution in [3.63, 3.8) is 0 Å². The zero-order valence-electron chi connectivity index (χ0n) is 12.2. The standard InChI is InChI=1S/C14H25ClN4/c1-4-19-13(14(15)11(2)17-19)10-18(3)9-12-7-5-6-8-16-12/h12,16H,4-10H2,1-3H3. The normalized spacial score (nSPS) is 20.2. The lowest BCUT2D eigenvalue weighted by molar-refractivity contribution is 0.251. The van der Waals surface area contributed by atoms with Crippen molar-refractivity contribution in [2.75, 3.05) is 20.1 Å². The van der Waals surface area contributed by atoms with Crippen molar-refractivity contribution in [3.05, 3.63) is 16.4 Å². The molecular formula is C14H25ClN4. The van der Waals surface area contributed by atoms with Crippen molar-refractivity contribution in [2.24, 2.45) is 0 Å². The van der Waals surface area contributed by atoms with Gasteiger partial charge in [0.05, 0.1) is 16.4 Å². The van der Waals surface area contributed by atoms with E-state index in [1.165, 1.54) is 19.3 Å². The Kier molecular flexibility index (Phi) is 5.25. The molecule has 0 saturated carbocycles. The Morgan fingerprint density at radius 2 is 2.26 bits per heavy atom. The molecule has 5 heteroatoms. The van der Waals surface area contributed by atoms with Crippen molar-refractivity contribution < 1.29 is 0 Å². The largest absolute Gasteiger partial charge is 0.313 e. The highest BCUT2D eigenvalue weighted by molar-refractivity contribution is 6.31. The molecule has 0 amide bonds. The minimum Gasteiger partial charge on any atom is -0.313 e. The fourth-order valence-electron chi connectivity index (χ4n) is 2.80. The van der Waals surface area contributed by atoms with Crippen LogP contribution in [0.25, 0.3) is 0 Å². The molecule has 0 aromatic carbocycles. The van der Waals surface area contributed by atoms with Gasteiger partial charge in [0.2, 0.25) is 0 Å². The monoisotopic (exact) mass is 284 g/mol. The van der Waals surface area contributed by atoms with Gasteiger partial charge in [-0.25, -0.2) is 0 Å². The van der Waals surface area contributed by atoms with Crippen molar-refractivity contribution in [3.8, 4) is 0 Å². The molecule has 1 aliphatic heterocycles. The highest BCUT2D eigenvalue weighted by atomic mass is 35.5. The minimum atomic E-state index is 0.622. The molecule has 1 saturated heterocycles. The maximum absolute atomic E-state index is 6.35. The summed E-state index contributed by atoms with van der Waals surface area (Å²) in [5.41, 5.74) is 2.07. The Hall–Kier alpha value is -0.580. The second-order valence-electron chi connectivity index (χ2n) is 5.51. The van der Waals surface area contributed by atoms with Gasteiger partial charge in [0.25, 0.3) is 0 Å². The maximum Gasteiger partial charge on any atom is 0.0860 e. The molecule has 1 atom stereocenters. The van der Waals surface area contributed by atoms with Crippen LogP contribution in [0.15, 0.2) is 0 Å². The summed E-state index contributed by atoms with van der Waals surface area (Å²) in [7, 11) is 2.16. The van der Waals surface area contributed by atoms with Gasteiger partial charge >= 0.3 is 0 Å². The van der Waals surface area contributed by atoms with Gasteiger partial charge in [0, 0.05) is 25.7 Å². The van der Waals surface area contributed by atoms with Gasteiger partial charge in [0.15, 0.2) is 0 Å². The average Bonchev–Trinajstić information content (AvgIpc) is 2.67. The van der Waals surface area contributed by atoms with E-state index < -0.39 is 0 Å². The molecule has 0 aliphatic carbocycles. The molecule has 0 spiro atoms. The van der Waals surface area contributed by atoms with Crippen molar-refractivity contribution in [2.45, 2.75) is 52.2 Å². The van der Waals surface area contributed by atoms with E-state index in [2.05, 4.69) is 29.3 Å². The van der Waals surface area contributed by atoms with Crippen LogP contribution in [0, 0.1) is 6.92 Å². The highest BCUT2D eigenvalue weighted by Crippen LogP contribution is 2.21. The molecule has 0 radical (unpaired) electrons. The number of aryl methyl sites for hydroxylation is 2. The Labute approximate surface area is 121 Å². The van der Waals surface area contributed by atoms with E-state index in [0.29, 0.717) is 6.04 Å². The van der Waals surface area contributed by atoms with Crippen LogP contribution in [0.4, 0.5) is 0 Å². The molecule has 1 N–H and O–H groups in total. The minimum absolute atomic E-state index is 0.622. The Balaban J connectivity index is 1.96. The highest BCUT2D eigenvalue weighted by Gasteiger charge is 2.18. The summed E-state index contributed by atoms with van der Waals surface area (Å²) < 4.78 is 2.02. The molecule has 1 unspecified atom stereocenters. The van der Waals surface area contributed by atoms with Gasteiger partial charge in [0.1, 0.15) is 0 Å². The number of likely N-dealkylation sites (N-methyl/N-ethyl adjacent to an activating group) is 1. The van der Waals surface area contributed by atoms with Crippen molar-refractivity contribution >= 4 is 11.6 Å². The number of nitrogens with one attached hydrogen (secondary N) is 1. The van der Waals surface area contributed by atoms with Crippen molar-refractivity contribution in [1.29, 1.82) is 0 Å². The van der Waals surface area contributed by atoms with Gasteiger partial charge in [-0.05, 0) is 40.3 Å². The van der Waals surface area contributed by atoms with Gasteiger partial charge in [-0.3, -0.25) is 9.58 Å². The number of rotatable bonds is 5. The smallest absolute Gasteiger partial charge is 0.0860 e. The molecule has 19 heavy (non-hydrogen) atoms. The SMILES string of the molecule is CCn1nc(C)c(Cl)c1CN(C)CC1CCCCN1. The Bertz CT molecular complexity index is 410. The van der Waals surface area contributed by atoms with E-state index in [-0.39, 0.29) is 0 Å². The Morgan fingerprint density at radius 3 is 2.89 bits per heavy atom. The zero-order valence-corrected chi connectivity index (χ0v) is 13.0. The van der Waals surface area contributed by atoms with Crippen LogP contribution < -0.4 is 5.32 Å². The van der Waals surface area contributed by atoms with Gasteiger partial charge < -0.3 is 5.32 Å². The first-order valence-electron chi connectivity index (χ1n) is 7.25. The second-order valence-corrected chi connectivity index (χ2v) is 5.88. The van der Waals surface area contributed by atoms with E-state index in [1.807, 2.05) is 11.6 Å². The third kappa shape index (κ3) is 3.71. The van der Waals surface area contributed by atoms with E-state index in [9.17, 15) is 0 Å². The van der Waals surface area contributed by atoms with Crippen molar-refractivity contribution in [1.82, 2.24) is 20.0 Å². The molecule has 2 rings (SSSR count). The molecule has 1 aromatic rings. The summed E-state index contributed by atoms with van der Waals surface area (Å²) >= 11 is 6.35. The molecule has 108 valence electrons. The fourth-order valence-corrected chi connectivity index (χ4v) is 2.99. The lowest BCUT2D eigenvalue weighted by Crippen LogP contribution is -2.42. The van der Waals surface area contributed by atoms with E-state index >= 15 is 0 Å². The third-order valence-corrected chi connectivity index (χ3v) is 4.31. The van der Waals surface area contributed by atoms with Crippen LogP contribution in [0.3, 0.4) is 0 Å². The maximum atomic E-state index is 6.35. The quantitative estimate of drug-likeness (QED) is 0.902. The number of piperidine rings is 1. The number of aromatic nitrogens is 2. The summed E-state index contributed by atoms with van der Waals surface area (Å²) in [5, 5.41) is 8.88. The van der Waals surface area contributed by atoms with Crippen LogP contribution >= 0.6 is 11.6 Å². The lowest BCUT2D eigenvalue weighted by atomic mass is 10.0. The topological polar surface area (TPSA) is 33.1 Å². The van der Waals surface area contributed by atoms with E-state index in [4.69, 9.17) is 11.6 Å². The summed E-state index contributed by atoms with van der Waals surface area (Å²) in [6.45, 7) is 8.05. The first-order valence-corrected chi connectivity index (χ1v) is 7.63. The molecule has 1 aromatic heterocycles. The summed E-state index contributed by atoms with van der Waals surface area (Å²) in [6, 6.07) is 0.622.